The van der Waals surface area contributed by atoms with E-state index in [9.17, 15) is 9.59 Å². The fourth-order valence-electron chi connectivity index (χ4n) is 4.20. The standard InChI is InChI=1S/C24H20N4O2/c1-13(29)28-16-4-2-14(3-5-16)15-10-19-20(12-27-24(19)26-11-15)17-6-8-21(25)23-18(17)7-9-22(23)30/h2-6,8,10-12H,7,9,25H2,1H3,(H,26,27)(H,28,29). The second-order valence-electron chi connectivity index (χ2n) is 7.56. The van der Waals surface area contributed by atoms with Crippen LogP contribution in [-0.4, -0.2) is 21.7 Å². The van der Waals surface area contributed by atoms with Crippen molar-refractivity contribution < 1.29 is 9.59 Å². The van der Waals surface area contributed by atoms with Gasteiger partial charge >= 0.3 is 0 Å². The summed E-state index contributed by atoms with van der Waals surface area (Å²) >= 11 is 0. The van der Waals surface area contributed by atoms with Gasteiger partial charge in [-0.25, -0.2) is 4.98 Å². The van der Waals surface area contributed by atoms with Gasteiger partial charge in [-0.15, -0.1) is 0 Å². The van der Waals surface area contributed by atoms with Crippen LogP contribution < -0.4 is 11.1 Å². The first-order valence-electron chi connectivity index (χ1n) is 9.81. The SMILES string of the molecule is CC(=O)Nc1ccc(-c2cnc3[nH]cc(-c4ccc(N)c5c4CCC5=O)c3c2)cc1. The molecule has 30 heavy (non-hydrogen) atoms. The third-order valence-electron chi connectivity index (χ3n) is 5.59. The van der Waals surface area contributed by atoms with Crippen LogP contribution in [-0.2, 0) is 11.2 Å². The summed E-state index contributed by atoms with van der Waals surface area (Å²) in [6, 6.07) is 13.6. The Morgan fingerprint density at radius 1 is 1.07 bits per heavy atom. The number of carbonyl (C=O) groups is 2. The molecule has 0 saturated carbocycles. The summed E-state index contributed by atoms with van der Waals surface area (Å²) < 4.78 is 0. The van der Waals surface area contributed by atoms with Gasteiger partial charge in [-0.2, -0.15) is 0 Å². The van der Waals surface area contributed by atoms with Gasteiger partial charge in [0, 0.05) is 59.2 Å². The van der Waals surface area contributed by atoms with E-state index in [1.807, 2.05) is 48.8 Å². The number of rotatable bonds is 3. The summed E-state index contributed by atoms with van der Waals surface area (Å²) in [5.74, 6) is 0.0135. The van der Waals surface area contributed by atoms with Crippen LogP contribution in [0.3, 0.4) is 0 Å². The van der Waals surface area contributed by atoms with Crippen molar-refractivity contribution in [2.24, 2.45) is 0 Å². The van der Waals surface area contributed by atoms with Crippen LogP contribution in [0.15, 0.2) is 54.9 Å². The van der Waals surface area contributed by atoms with E-state index in [-0.39, 0.29) is 11.7 Å². The van der Waals surface area contributed by atoms with Crippen molar-refractivity contribution >= 4 is 34.1 Å². The minimum absolute atomic E-state index is 0.0997. The van der Waals surface area contributed by atoms with Crippen LogP contribution in [0.25, 0.3) is 33.3 Å². The first-order valence-corrected chi connectivity index (χ1v) is 9.81. The van der Waals surface area contributed by atoms with E-state index in [0.717, 1.165) is 44.5 Å². The number of nitrogens with two attached hydrogens (primary N) is 1. The zero-order chi connectivity index (χ0) is 20.8. The topological polar surface area (TPSA) is 101 Å². The monoisotopic (exact) mass is 396 g/mol. The number of hydrogen-bond donors (Lipinski definition) is 3. The molecule has 2 aromatic heterocycles. The average molecular weight is 396 g/mol. The van der Waals surface area contributed by atoms with E-state index in [0.29, 0.717) is 24.1 Å². The number of carbonyl (C=O) groups excluding carboxylic acids is 2. The second-order valence-corrected chi connectivity index (χ2v) is 7.56. The Balaban J connectivity index is 1.60. The molecule has 0 unspecified atom stereocenters. The fraction of sp³-hybridized carbons (Fsp3) is 0.125. The Morgan fingerprint density at radius 3 is 2.63 bits per heavy atom. The number of benzene rings is 2. The lowest BCUT2D eigenvalue weighted by Crippen LogP contribution is -2.05. The molecule has 1 amide bonds. The van der Waals surface area contributed by atoms with Crippen LogP contribution in [0.1, 0.15) is 29.3 Å². The molecule has 148 valence electrons. The summed E-state index contributed by atoms with van der Waals surface area (Å²) in [6.07, 6.45) is 4.98. The van der Waals surface area contributed by atoms with Gasteiger partial charge in [-0.3, -0.25) is 9.59 Å². The van der Waals surface area contributed by atoms with Gasteiger partial charge < -0.3 is 16.0 Å². The third-order valence-corrected chi connectivity index (χ3v) is 5.59. The van der Waals surface area contributed by atoms with Crippen molar-refractivity contribution in [2.45, 2.75) is 19.8 Å². The number of pyridine rings is 1. The molecule has 6 heteroatoms. The first kappa shape index (κ1) is 18.1. The molecule has 2 heterocycles. The quantitative estimate of drug-likeness (QED) is 0.442. The van der Waals surface area contributed by atoms with Gasteiger partial charge in [0.05, 0.1) is 0 Å². The van der Waals surface area contributed by atoms with Gasteiger partial charge in [0.1, 0.15) is 5.65 Å². The number of amides is 1. The molecule has 0 bridgehead atoms. The van der Waals surface area contributed by atoms with Crippen molar-refractivity contribution in [3.05, 3.63) is 66.0 Å². The Bertz CT molecular complexity index is 1320. The number of aromatic amines is 1. The van der Waals surface area contributed by atoms with E-state index in [2.05, 4.69) is 21.4 Å². The number of aromatic nitrogens is 2. The minimum Gasteiger partial charge on any atom is -0.398 e. The largest absolute Gasteiger partial charge is 0.398 e. The highest BCUT2D eigenvalue weighted by Gasteiger charge is 2.26. The summed E-state index contributed by atoms with van der Waals surface area (Å²) in [7, 11) is 0. The molecule has 0 radical (unpaired) electrons. The first-order chi connectivity index (χ1) is 14.5. The van der Waals surface area contributed by atoms with Crippen molar-refractivity contribution in [2.75, 3.05) is 11.1 Å². The molecule has 0 saturated heterocycles. The lowest BCUT2D eigenvalue weighted by molar-refractivity contribution is -0.114. The highest BCUT2D eigenvalue weighted by molar-refractivity contribution is 6.08. The molecule has 1 aliphatic rings. The minimum atomic E-state index is -0.0997. The molecule has 6 nitrogen and oxygen atoms in total. The zero-order valence-electron chi connectivity index (χ0n) is 16.5. The molecular formula is C24H20N4O2. The maximum Gasteiger partial charge on any atom is 0.221 e. The molecule has 1 aliphatic carbocycles. The normalized spacial score (nSPS) is 12.9. The molecule has 0 spiro atoms. The molecule has 4 aromatic rings. The zero-order valence-corrected chi connectivity index (χ0v) is 16.5. The van der Waals surface area contributed by atoms with Crippen molar-refractivity contribution in [3.8, 4) is 22.3 Å². The van der Waals surface area contributed by atoms with Crippen LogP contribution in [0.5, 0.6) is 0 Å². The molecule has 4 N–H and O–H groups in total. The van der Waals surface area contributed by atoms with E-state index < -0.39 is 0 Å². The number of nitrogens with zero attached hydrogens (tertiary/aromatic N) is 1. The fourth-order valence-corrected chi connectivity index (χ4v) is 4.20. The Labute approximate surface area is 173 Å². The molecule has 0 aliphatic heterocycles. The lowest BCUT2D eigenvalue weighted by Gasteiger charge is -2.10. The van der Waals surface area contributed by atoms with Gasteiger partial charge in [0.15, 0.2) is 5.78 Å². The van der Waals surface area contributed by atoms with E-state index in [4.69, 9.17) is 5.73 Å². The molecule has 5 rings (SSSR count). The molecule has 0 fully saturated rings. The Morgan fingerprint density at radius 2 is 1.87 bits per heavy atom. The Kier molecular flexibility index (Phi) is 4.13. The number of nitrogen functional groups attached to an aromatic ring is 1. The molecule has 0 atom stereocenters. The van der Waals surface area contributed by atoms with Gasteiger partial charge in [-0.1, -0.05) is 18.2 Å². The van der Waals surface area contributed by atoms with Gasteiger partial charge in [-0.05, 0) is 47.4 Å². The lowest BCUT2D eigenvalue weighted by atomic mass is 9.95. The van der Waals surface area contributed by atoms with Crippen molar-refractivity contribution in [1.82, 2.24) is 9.97 Å². The summed E-state index contributed by atoms with van der Waals surface area (Å²) in [6.45, 7) is 1.49. The van der Waals surface area contributed by atoms with Crippen LogP contribution in [0.2, 0.25) is 0 Å². The predicted octanol–water partition coefficient (Wildman–Crippen LogP) is 4.57. The number of H-pyrrole nitrogens is 1. The maximum absolute atomic E-state index is 12.3. The van der Waals surface area contributed by atoms with Crippen LogP contribution in [0, 0.1) is 0 Å². The van der Waals surface area contributed by atoms with Crippen molar-refractivity contribution in [3.63, 3.8) is 0 Å². The number of nitrogens with one attached hydrogen (secondary N) is 2. The second kappa shape index (κ2) is 6.84. The smallest absolute Gasteiger partial charge is 0.221 e. The molecular weight excluding hydrogens is 376 g/mol. The van der Waals surface area contributed by atoms with E-state index in [1.54, 1.807) is 0 Å². The highest BCUT2D eigenvalue weighted by Crippen LogP contribution is 2.39. The number of Topliss-reactive ketones (excluding diaryl/α,β-unsaturated/α-hetero) is 1. The number of fused-ring (bicyclic) bond motifs is 2. The van der Waals surface area contributed by atoms with Gasteiger partial charge in [0.25, 0.3) is 0 Å². The Hall–Kier alpha value is -3.93. The highest BCUT2D eigenvalue weighted by atomic mass is 16.1. The maximum atomic E-state index is 12.3. The third kappa shape index (κ3) is 2.93. The number of ketones is 1. The predicted molar refractivity (Wildman–Crippen MR) is 118 cm³/mol. The summed E-state index contributed by atoms with van der Waals surface area (Å²) in [5.41, 5.74) is 13.9. The number of hydrogen-bond acceptors (Lipinski definition) is 4. The molecule has 2 aromatic carbocycles. The van der Waals surface area contributed by atoms with Crippen LogP contribution >= 0.6 is 0 Å². The van der Waals surface area contributed by atoms with E-state index >= 15 is 0 Å². The van der Waals surface area contributed by atoms with E-state index in [1.165, 1.54) is 6.92 Å². The average Bonchev–Trinajstić information content (AvgIpc) is 3.33. The van der Waals surface area contributed by atoms with Gasteiger partial charge in [0.2, 0.25) is 5.91 Å². The summed E-state index contributed by atoms with van der Waals surface area (Å²) in [5, 5.41) is 3.76. The van der Waals surface area contributed by atoms with Crippen LogP contribution in [0.4, 0.5) is 11.4 Å². The van der Waals surface area contributed by atoms with Crippen molar-refractivity contribution in [1.29, 1.82) is 0 Å². The number of anilines is 2. The summed E-state index contributed by atoms with van der Waals surface area (Å²) in [4.78, 5) is 31.3.